The highest BCUT2D eigenvalue weighted by Crippen LogP contribution is 2.39. The van der Waals surface area contributed by atoms with Crippen LogP contribution in [-0.2, 0) is 9.53 Å². The molecule has 0 aliphatic carbocycles. The van der Waals surface area contributed by atoms with Crippen LogP contribution in [0.4, 0.5) is 5.69 Å². The molecule has 0 saturated heterocycles. The van der Waals surface area contributed by atoms with Crippen molar-refractivity contribution in [3.05, 3.63) is 60.2 Å². The van der Waals surface area contributed by atoms with Gasteiger partial charge in [-0.3, -0.25) is 4.79 Å². The molecule has 0 heterocycles. The topological polar surface area (TPSA) is 83.1 Å². The molecular weight excluding hydrogens is 374 g/mol. The smallest absolute Gasteiger partial charge is 0.342 e. The second kappa shape index (κ2) is 8.97. The van der Waals surface area contributed by atoms with E-state index in [0.717, 1.165) is 10.8 Å². The van der Waals surface area contributed by atoms with Gasteiger partial charge in [0.15, 0.2) is 18.1 Å². The maximum absolute atomic E-state index is 12.5. The van der Waals surface area contributed by atoms with Crippen molar-refractivity contribution in [3.63, 3.8) is 0 Å². The van der Waals surface area contributed by atoms with Crippen LogP contribution in [0.3, 0.4) is 0 Å². The molecule has 0 saturated carbocycles. The van der Waals surface area contributed by atoms with E-state index in [2.05, 4.69) is 5.32 Å². The zero-order valence-electron chi connectivity index (χ0n) is 16.4. The van der Waals surface area contributed by atoms with Crippen LogP contribution in [0.15, 0.2) is 54.6 Å². The first-order valence-corrected chi connectivity index (χ1v) is 8.82. The minimum absolute atomic E-state index is 0.128. The van der Waals surface area contributed by atoms with Crippen LogP contribution in [0.25, 0.3) is 10.8 Å². The Morgan fingerprint density at radius 1 is 0.828 bits per heavy atom. The van der Waals surface area contributed by atoms with E-state index in [1.54, 1.807) is 12.1 Å². The molecule has 0 spiro atoms. The maximum atomic E-state index is 12.5. The summed E-state index contributed by atoms with van der Waals surface area (Å²) >= 11 is 0. The van der Waals surface area contributed by atoms with Crippen molar-refractivity contribution in [1.82, 2.24) is 0 Å². The Kier molecular flexibility index (Phi) is 6.19. The van der Waals surface area contributed by atoms with Crippen molar-refractivity contribution in [3.8, 4) is 17.2 Å². The van der Waals surface area contributed by atoms with E-state index in [-0.39, 0.29) is 17.1 Å². The number of nitrogens with one attached hydrogen (secondary N) is 1. The Morgan fingerprint density at radius 2 is 1.55 bits per heavy atom. The first kappa shape index (κ1) is 20.0. The number of ether oxygens (including phenoxy) is 4. The molecule has 3 rings (SSSR count). The lowest BCUT2D eigenvalue weighted by Crippen LogP contribution is -2.21. The average molecular weight is 395 g/mol. The number of hydrogen-bond acceptors (Lipinski definition) is 6. The molecule has 3 aromatic rings. The van der Waals surface area contributed by atoms with Gasteiger partial charge >= 0.3 is 5.97 Å². The number of amides is 1. The summed E-state index contributed by atoms with van der Waals surface area (Å²) in [6.45, 7) is -0.445. The maximum Gasteiger partial charge on any atom is 0.342 e. The van der Waals surface area contributed by atoms with Gasteiger partial charge in [0.1, 0.15) is 5.56 Å². The SMILES string of the molecule is COc1ccc(C(=O)OCC(=O)Nc2cccc3ccccc23)c(OC)c1OC. The van der Waals surface area contributed by atoms with Crippen molar-refractivity contribution >= 4 is 28.3 Å². The fourth-order valence-corrected chi connectivity index (χ4v) is 2.99. The quantitative estimate of drug-likeness (QED) is 0.615. The largest absolute Gasteiger partial charge is 0.493 e. The summed E-state index contributed by atoms with van der Waals surface area (Å²) in [5.74, 6) is -0.310. The molecule has 0 fully saturated rings. The molecular formula is C22H21NO6. The molecule has 0 aliphatic rings. The van der Waals surface area contributed by atoms with E-state index in [1.165, 1.54) is 27.4 Å². The van der Waals surface area contributed by atoms with Crippen LogP contribution >= 0.6 is 0 Å². The fourth-order valence-electron chi connectivity index (χ4n) is 2.99. The molecule has 0 atom stereocenters. The normalized spacial score (nSPS) is 10.3. The number of esters is 1. The number of hydrogen-bond donors (Lipinski definition) is 1. The summed E-state index contributed by atoms with van der Waals surface area (Å²) < 4.78 is 20.9. The summed E-state index contributed by atoms with van der Waals surface area (Å²) in [6.07, 6.45) is 0. The lowest BCUT2D eigenvalue weighted by molar-refractivity contribution is -0.119. The number of anilines is 1. The van der Waals surface area contributed by atoms with Crippen molar-refractivity contribution in [2.75, 3.05) is 33.3 Å². The van der Waals surface area contributed by atoms with Crippen molar-refractivity contribution < 1.29 is 28.5 Å². The van der Waals surface area contributed by atoms with Crippen LogP contribution in [0.2, 0.25) is 0 Å². The zero-order chi connectivity index (χ0) is 20.8. The predicted octanol–water partition coefficient (Wildman–Crippen LogP) is 3.66. The van der Waals surface area contributed by atoms with Crippen LogP contribution in [0.5, 0.6) is 17.2 Å². The third-order valence-electron chi connectivity index (χ3n) is 4.32. The van der Waals surface area contributed by atoms with Gasteiger partial charge in [0.2, 0.25) is 5.75 Å². The minimum Gasteiger partial charge on any atom is -0.493 e. The van der Waals surface area contributed by atoms with E-state index < -0.39 is 18.5 Å². The summed E-state index contributed by atoms with van der Waals surface area (Å²) in [5.41, 5.74) is 0.774. The van der Waals surface area contributed by atoms with Crippen LogP contribution in [-0.4, -0.2) is 39.8 Å². The predicted molar refractivity (Wildman–Crippen MR) is 109 cm³/mol. The van der Waals surface area contributed by atoms with Gasteiger partial charge in [-0.15, -0.1) is 0 Å². The van der Waals surface area contributed by atoms with Gasteiger partial charge in [0.25, 0.3) is 5.91 Å². The molecule has 0 aliphatic heterocycles. The average Bonchev–Trinajstić information content (AvgIpc) is 2.76. The van der Waals surface area contributed by atoms with Crippen LogP contribution < -0.4 is 19.5 Å². The number of fused-ring (bicyclic) bond motifs is 1. The number of carbonyl (C=O) groups excluding carboxylic acids is 2. The zero-order valence-corrected chi connectivity index (χ0v) is 16.4. The molecule has 0 unspecified atom stereocenters. The molecule has 7 nitrogen and oxygen atoms in total. The van der Waals surface area contributed by atoms with Crippen molar-refractivity contribution in [1.29, 1.82) is 0 Å². The van der Waals surface area contributed by atoms with Gasteiger partial charge in [0.05, 0.1) is 21.3 Å². The Bertz CT molecular complexity index is 1040. The van der Waals surface area contributed by atoms with E-state index in [1.807, 2.05) is 36.4 Å². The number of benzene rings is 3. The van der Waals surface area contributed by atoms with Crippen LogP contribution in [0, 0.1) is 0 Å². The highest BCUT2D eigenvalue weighted by Gasteiger charge is 2.22. The lowest BCUT2D eigenvalue weighted by atomic mass is 10.1. The highest BCUT2D eigenvalue weighted by molar-refractivity contribution is 6.03. The first-order valence-electron chi connectivity index (χ1n) is 8.82. The van der Waals surface area contributed by atoms with Gasteiger partial charge < -0.3 is 24.3 Å². The molecule has 0 radical (unpaired) electrons. The van der Waals surface area contributed by atoms with E-state index in [9.17, 15) is 9.59 Å². The minimum atomic E-state index is -0.712. The molecule has 0 bridgehead atoms. The summed E-state index contributed by atoms with van der Waals surface area (Å²) in [7, 11) is 4.32. The van der Waals surface area contributed by atoms with E-state index in [0.29, 0.717) is 11.4 Å². The Morgan fingerprint density at radius 3 is 2.28 bits per heavy atom. The summed E-state index contributed by atoms with van der Waals surface area (Å²) in [4.78, 5) is 24.8. The van der Waals surface area contributed by atoms with Crippen molar-refractivity contribution in [2.45, 2.75) is 0 Å². The van der Waals surface area contributed by atoms with Gasteiger partial charge in [-0.05, 0) is 23.6 Å². The molecule has 150 valence electrons. The molecule has 0 aromatic heterocycles. The van der Waals surface area contributed by atoms with E-state index in [4.69, 9.17) is 18.9 Å². The Labute approximate surface area is 168 Å². The monoisotopic (exact) mass is 395 g/mol. The number of rotatable bonds is 7. The van der Waals surface area contributed by atoms with Gasteiger partial charge in [-0.1, -0.05) is 36.4 Å². The van der Waals surface area contributed by atoms with Gasteiger partial charge in [-0.25, -0.2) is 4.79 Å². The third-order valence-corrected chi connectivity index (χ3v) is 4.32. The van der Waals surface area contributed by atoms with Gasteiger partial charge in [-0.2, -0.15) is 0 Å². The van der Waals surface area contributed by atoms with Crippen LogP contribution in [0.1, 0.15) is 10.4 Å². The molecule has 3 aromatic carbocycles. The summed E-state index contributed by atoms with van der Waals surface area (Å²) in [6, 6.07) is 16.3. The number of methoxy groups -OCH3 is 3. The molecule has 1 amide bonds. The molecule has 7 heteroatoms. The lowest BCUT2D eigenvalue weighted by Gasteiger charge is -2.15. The van der Waals surface area contributed by atoms with Gasteiger partial charge in [0, 0.05) is 11.1 Å². The Balaban J connectivity index is 1.71. The summed E-state index contributed by atoms with van der Waals surface area (Å²) in [5, 5.41) is 4.67. The third kappa shape index (κ3) is 4.24. The Hall–Kier alpha value is -3.74. The fraction of sp³-hybridized carbons (Fsp3) is 0.182. The second-order valence-electron chi connectivity index (χ2n) is 6.03. The highest BCUT2D eigenvalue weighted by atomic mass is 16.5. The first-order chi connectivity index (χ1) is 14.1. The molecule has 1 N–H and O–H groups in total. The standard InChI is InChI=1S/C22H21NO6/c1-26-18-12-11-16(20(27-2)21(18)28-3)22(25)29-13-19(24)23-17-10-6-8-14-7-4-5-9-15(14)17/h4-12H,13H2,1-3H3,(H,23,24). The molecule has 29 heavy (non-hydrogen) atoms. The van der Waals surface area contributed by atoms with Crippen molar-refractivity contribution in [2.24, 2.45) is 0 Å². The van der Waals surface area contributed by atoms with E-state index >= 15 is 0 Å². The number of carbonyl (C=O) groups is 2. The second-order valence-corrected chi connectivity index (χ2v) is 6.03.